The van der Waals surface area contributed by atoms with Crippen LogP contribution in [0.1, 0.15) is 35.4 Å². The zero-order valence-corrected chi connectivity index (χ0v) is 18.0. The van der Waals surface area contributed by atoms with Gasteiger partial charge in [-0.25, -0.2) is 0 Å². The van der Waals surface area contributed by atoms with E-state index in [9.17, 15) is 4.79 Å². The Kier molecular flexibility index (Phi) is 6.06. The van der Waals surface area contributed by atoms with E-state index < -0.39 is 0 Å². The molecule has 0 atom stereocenters. The summed E-state index contributed by atoms with van der Waals surface area (Å²) in [4.78, 5) is 12.8. The molecule has 1 amide bonds. The van der Waals surface area contributed by atoms with Gasteiger partial charge in [-0.05, 0) is 49.2 Å². The predicted octanol–water partition coefficient (Wildman–Crippen LogP) is 3.95. The normalized spacial score (nSPS) is 13.1. The molecule has 8 nitrogen and oxygen atoms in total. The number of amides is 1. The van der Waals surface area contributed by atoms with Gasteiger partial charge in [-0.15, -0.1) is 10.2 Å². The molecular formula is C23H26N4O4. The highest BCUT2D eigenvalue weighted by Gasteiger charge is 2.18. The highest BCUT2D eigenvalue weighted by molar-refractivity contribution is 6.05. The van der Waals surface area contributed by atoms with Crippen LogP contribution < -0.4 is 19.5 Å². The lowest BCUT2D eigenvalue weighted by atomic mass is 10.1. The molecule has 2 aromatic carbocycles. The van der Waals surface area contributed by atoms with Crippen molar-refractivity contribution in [1.82, 2.24) is 14.8 Å². The van der Waals surface area contributed by atoms with Crippen molar-refractivity contribution in [2.24, 2.45) is 0 Å². The first-order chi connectivity index (χ1) is 15.1. The number of nitrogens with one attached hydrogen (secondary N) is 1. The topological polar surface area (TPSA) is 87.5 Å². The summed E-state index contributed by atoms with van der Waals surface area (Å²) in [6, 6.07) is 10.9. The van der Waals surface area contributed by atoms with E-state index in [2.05, 4.69) is 20.1 Å². The number of benzene rings is 2. The molecule has 0 aliphatic carbocycles. The van der Waals surface area contributed by atoms with Crippen LogP contribution in [0.4, 0.5) is 5.69 Å². The molecule has 1 aliphatic rings. The fraction of sp³-hybridized carbons (Fsp3) is 0.348. The third-order valence-electron chi connectivity index (χ3n) is 5.44. The van der Waals surface area contributed by atoms with Crippen molar-refractivity contribution in [3.63, 3.8) is 0 Å². The lowest BCUT2D eigenvalue weighted by Crippen LogP contribution is -2.12. The standard InChI is InChI=1S/C23H26N4O4/c1-29-18-13-16(14-19(30-2)21(18)31-3)23(28)24-17-10-8-15(9-11-17)22-26-25-20-7-5-4-6-12-27(20)22/h8-11,13-14H,4-7,12H2,1-3H3,(H,24,28). The van der Waals surface area contributed by atoms with Gasteiger partial charge in [0, 0.05) is 29.8 Å². The van der Waals surface area contributed by atoms with E-state index in [1.807, 2.05) is 24.3 Å². The lowest BCUT2D eigenvalue weighted by Gasteiger charge is -2.14. The van der Waals surface area contributed by atoms with Crippen molar-refractivity contribution < 1.29 is 19.0 Å². The van der Waals surface area contributed by atoms with E-state index in [0.29, 0.717) is 28.5 Å². The fourth-order valence-electron chi connectivity index (χ4n) is 3.82. The summed E-state index contributed by atoms with van der Waals surface area (Å²) in [5, 5.41) is 11.7. The second-order valence-corrected chi connectivity index (χ2v) is 7.35. The molecule has 0 bridgehead atoms. The first-order valence-corrected chi connectivity index (χ1v) is 10.3. The summed E-state index contributed by atoms with van der Waals surface area (Å²) in [5.41, 5.74) is 2.06. The van der Waals surface area contributed by atoms with E-state index in [-0.39, 0.29) is 5.91 Å². The molecular weight excluding hydrogens is 396 g/mol. The molecule has 1 aliphatic heterocycles. The SMILES string of the molecule is COc1cc(C(=O)Nc2ccc(-c3nnc4n3CCCCC4)cc2)cc(OC)c1OC. The molecule has 0 radical (unpaired) electrons. The monoisotopic (exact) mass is 422 g/mol. The molecule has 2 heterocycles. The van der Waals surface area contributed by atoms with Crippen LogP contribution >= 0.6 is 0 Å². The zero-order valence-electron chi connectivity index (χ0n) is 18.0. The van der Waals surface area contributed by atoms with Crippen LogP contribution in [-0.4, -0.2) is 42.0 Å². The van der Waals surface area contributed by atoms with Crippen LogP contribution in [-0.2, 0) is 13.0 Å². The summed E-state index contributed by atoms with van der Waals surface area (Å²) >= 11 is 0. The number of ether oxygens (including phenoxy) is 3. The van der Waals surface area contributed by atoms with Crippen molar-refractivity contribution in [1.29, 1.82) is 0 Å². The van der Waals surface area contributed by atoms with E-state index in [1.54, 1.807) is 12.1 Å². The Morgan fingerprint density at radius 1 is 0.935 bits per heavy atom. The Balaban J connectivity index is 1.53. The Bertz CT molecular complexity index is 1050. The molecule has 1 N–H and O–H groups in total. The van der Waals surface area contributed by atoms with Gasteiger partial charge >= 0.3 is 0 Å². The van der Waals surface area contributed by atoms with E-state index in [0.717, 1.165) is 43.0 Å². The van der Waals surface area contributed by atoms with Crippen molar-refractivity contribution in [3.05, 3.63) is 47.8 Å². The quantitative estimate of drug-likeness (QED) is 0.647. The summed E-state index contributed by atoms with van der Waals surface area (Å²) < 4.78 is 18.2. The van der Waals surface area contributed by atoms with Gasteiger partial charge in [0.05, 0.1) is 21.3 Å². The number of rotatable bonds is 6. The number of nitrogens with zero attached hydrogens (tertiary/aromatic N) is 3. The van der Waals surface area contributed by atoms with E-state index in [1.165, 1.54) is 27.8 Å². The molecule has 162 valence electrons. The van der Waals surface area contributed by atoms with Crippen molar-refractivity contribution in [2.45, 2.75) is 32.2 Å². The Morgan fingerprint density at radius 3 is 2.29 bits per heavy atom. The van der Waals surface area contributed by atoms with Crippen molar-refractivity contribution in [2.75, 3.05) is 26.6 Å². The van der Waals surface area contributed by atoms with Gasteiger partial charge in [0.1, 0.15) is 5.82 Å². The smallest absolute Gasteiger partial charge is 0.255 e. The lowest BCUT2D eigenvalue weighted by molar-refractivity contribution is 0.102. The summed E-state index contributed by atoms with van der Waals surface area (Å²) in [5.74, 6) is 2.94. The van der Waals surface area contributed by atoms with Crippen LogP contribution in [0.15, 0.2) is 36.4 Å². The first-order valence-electron chi connectivity index (χ1n) is 10.3. The number of carbonyl (C=O) groups is 1. The average molecular weight is 422 g/mol. The van der Waals surface area contributed by atoms with E-state index in [4.69, 9.17) is 14.2 Å². The number of aryl methyl sites for hydroxylation is 1. The second kappa shape index (κ2) is 9.07. The number of hydrogen-bond acceptors (Lipinski definition) is 6. The molecule has 8 heteroatoms. The minimum absolute atomic E-state index is 0.275. The Labute approximate surface area is 181 Å². The van der Waals surface area contributed by atoms with Gasteiger partial charge in [-0.3, -0.25) is 4.79 Å². The number of hydrogen-bond donors (Lipinski definition) is 1. The minimum atomic E-state index is -0.275. The zero-order chi connectivity index (χ0) is 21.8. The van der Waals surface area contributed by atoms with Crippen LogP contribution in [0, 0.1) is 0 Å². The van der Waals surface area contributed by atoms with Gasteiger partial charge in [-0.1, -0.05) is 6.42 Å². The predicted molar refractivity (Wildman–Crippen MR) is 117 cm³/mol. The number of carbonyl (C=O) groups excluding carboxylic acids is 1. The summed E-state index contributed by atoms with van der Waals surface area (Å²) in [6.07, 6.45) is 4.48. The molecule has 0 saturated heterocycles. The van der Waals surface area contributed by atoms with Gasteiger partial charge < -0.3 is 24.1 Å². The van der Waals surface area contributed by atoms with Crippen molar-refractivity contribution in [3.8, 4) is 28.6 Å². The number of aromatic nitrogens is 3. The Hall–Kier alpha value is -3.55. The van der Waals surface area contributed by atoms with Crippen molar-refractivity contribution >= 4 is 11.6 Å². The summed E-state index contributed by atoms with van der Waals surface area (Å²) in [7, 11) is 4.56. The largest absolute Gasteiger partial charge is 0.493 e. The molecule has 0 saturated carbocycles. The molecule has 0 spiro atoms. The van der Waals surface area contributed by atoms with Crippen LogP contribution in [0.3, 0.4) is 0 Å². The molecule has 31 heavy (non-hydrogen) atoms. The van der Waals surface area contributed by atoms with Gasteiger partial charge in [0.2, 0.25) is 5.75 Å². The minimum Gasteiger partial charge on any atom is -0.493 e. The number of fused-ring (bicyclic) bond motifs is 1. The van der Waals surface area contributed by atoms with Gasteiger partial charge in [0.15, 0.2) is 17.3 Å². The summed E-state index contributed by atoms with van der Waals surface area (Å²) in [6.45, 7) is 0.942. The van der Waals surface area contributed by atoms with Crippen LogP contribution in [0.2, 0.25) is 0 Å². The third-order valence-corrected chi connectivity index (χ3v) is 5.44. The molecule has 4 rings (SSSR count). The average Bonchev–Trinajstić information content (AvgIpc) is 3.06. The highest BCUT2D eigenvalue weighted by atomic mass is 16.5. The van der Waals surface area contributed by atoms with Crippen LogP contribution in [0.5, 0.6) is 17.2 Å². The van der Waals surface area contributed by atoms with Gasteiger partial charge in [0.25, 0.3) is 5.91 Å². The first kappa shape index (κ1) is 20.7. The van der Waals surface area contributed by atoms with Crippen LogP contribution in [0.25, 0.3) is 11.4 Å². The maximum Gasteiger partial charge on any atom is 0.255 e. The number of methoxy groups -OCH3 is 3. The van der Waals surface area contributed by atoms with Gasteiger partial charge in [-0.2, -0.15) is 0 Å². The molecule has 0 unspecified atom stereocenters. The third kappa shape index (κ3) is 4.19. The maximum atomic E-state index is 12.8. The molecule has 3 aromatic rings. The number of anilines is 1. The molecule has 0 fully saturated rings. The highest BCUT2D eigenvalue weighted by Crippen LogP contribution is 2.38. The fourth-order valence-corrected chi connectivity index (χ4v) is 3.82. The molecule has 1 aromatic heterocycles. The second-order valence-electron chi connectivity index (χ2n) is 7.35. The van der Waals surface area contributed by atoms with E-state index >= 15 is 0 Å². The maximum absolute atomic E-state index is 12.8. The Morgan fingerprint density at radius 2 is 1.65 bits per heavy atom.